The lowest BCUT2D eigenvalue weighted by atomic mass is 9.96. The summed E-state index contributed by atoms with van der Waals surface area (Å²) < 4.78 is 0. The van der Waals surface area contributed by atoms with E-state index in [1.165, 1.54) is 35.1 Å². The molecule has 2 unspecified atom stereocenters. The van der Waals surface area contributed by atoms with Gasteiger partial charge in [0.15, 0.2) is 0 Å². The zero-order chi connectivity index (χ0) is 21.9. The molecule has 2 saturated heterocycles. The largest absolute Gasteiger partial charge is 0.371 e. The molecule has 3 fully saturated rings. The molecule has 3 aliphatic rings. The van der Waals surface area contributed by atoms with Gasteiger partial charge in [-0.2, -0.15) is 0 Å². The first kappa shape index (κ1) is 19.8. The van der Waals surface area contributed by atoms with Crippen LogP contribution in [-0.2, 0) is 5.54 Å². The highest BCUT2D eigenvalue weighted by Gasteiger charge is 2.47. The summed E-state index contributed by atoms with van der Waals surface area (Å²) >= 11 is 0. The number of carbonyl (C=O) groups excluding carboxylic acids is 1. The number of hydrogen-bond donors (Lipinski definition) is 1. The van der Waals surface area contributed by atoms with Crippen molar-refractivity contribution in [3.63, 3.8) is 0 Å². The molecule has 164 valence electrons. The Labute approximate surface area is 190 Å². The highest BCUT2D eigenvalue weighted by molar-refractivity contribution is 5.98. The van der Waals surface area contributed by atoms with E-state index in [9.17, 15) is 4.79 Å². The van der Waals surface area contributed by atoms with Crippen molar-refractivity contribution in [2.45, 2.75) is 25.3 Å². The van der Waals surface area contributed by atoms with Gasteiger partial charge in [-0.25, -0.2) is 0 Å². The van der Waals surface area contributed by atoms with Gasteiger partial charge >= 0.3 is 0 Å². The predicted molar refractivity (Wildman–Crippen MR) is 130 cm³/mol. The minimum Gasteiger partial charge on any atom is -0.371 e. The summed E-state index contributed by atoms with van der Waals surface area (Å²) in [7, 11) is 2.22. The summed E-state index contributed by atoms with van der Waals surface area (Å²) in [6, 6.07) is 21.3. The van der Waals surface area contributed by atoms with Gasteiger partial charge in [0.2, 0.25) is 0 Å². The van der Waals surface area contributed by atoms with Crippen LogP contribution in [0.15, 0.2) is 60.7 Å². The van der Waals surface area contributed by atoms with Crippen LogP contribution in [0.3, 0.4) is 0 Å². The van der Waals surface area contributed by atoms with E-state index in [0.717, 1.165) is 48.9 Å². The van der Waals surface area contributed by atoms with Crippen molar-refractivity contribution in [2.75, 3.05) is 38.1 Å². The average molecular weight is 426 g/mol. The number of anilines is 1. The maximum atomic E-state index is 13.5. The van der Waals surface area contributed by atoms with Crippen LogP contribution in [-0.4, -0.2) is 44.0 Å². The number of nitrogens with one attached hydrogen (secondary N) is 1. The Hall–Kier alpha value is -2.85. The van der Waals surface area contributed by atoms with E-state index >= 15 is 0 Å². The highest BCUT2D eigenvalue weighted by atomic mass is 16.1. The summed E-state index contributed by atoms with van der Waals surface area (Å²) in [4.78, 5) is 18.4. The molecule has 2 aliphatic heterocycles. The number of aryl methyl sites for hydroxylation is 1. The number of hydrogen-bond acceptors (Lipinski definition) is 3. The van der Waals surface area contributed by atoms with Gasteiger partial charge in [0.05, 0.1) is 5.54 Å². The molecule has 3 aromatic carbocycles. The lowest BCUT2D eigenvalue weighted by Crippen LogP contribution is -2.35. The maximum absolute atomic E-state index is 13.5. The van der Waals surface area contributed by atoms with E-state index in [1.54, 1.807) is 0 Å². The van der Waals surface area contributed by atoms with Gasteiger partial charge in [-0.1, -0.05) is 48.5 Å². The normalized spacial score (nSPS) is 24.0. The third kappa shape index (κ3) is 3.29. The molecule has 3 aromatic rings. The summed E-state index contributed by atoms with van der Waals surface area (Å²) in [5.74, 6) is 1.55. The molecule has 6 rings (SSSR count). The van der Waals surface area contributed by atoms with E-state index in [2.05, 4.69) is 82.8 Å². The minimum absolute atomic E-state index is 0.0499. The molecule has 1 amide bonds. The lowest BCUT2D eigenvalue weighted by Gasteiger charge is -2.24. The van der Waals surface area contributed by atoms with E-state index < -0.39 is 0 Å². The number of nitrogens with zero attached hydrogens (tertiary/aromatic N) is 2. The van der Waals surface area contributed by atoms with Crippen LogP contribution < -0.4 is 10.2 Å². The number of benzene rings is 3. The van der Waals surface area contributed by atoms with E-state index in [1.807, 2.05) is 6.92 Å². The highest BCUT2D eigenvalue weighted by Crippen LogP contribution is 2.48. The molecule has 2 heterocycles. The number of carbonyl (C=O) groups is 1. The van der Waals surface area contributed by atoms with Gasteiger partial charge in [-0.15, -0.1) is 0 Å². The second-order valence-electron chi connectivity index (χ2n) is 10.2. The molecule has 1 saturated carbocycles. The molecule has 1 aliphatic carbocycles. The number of fused-ring (bicyclic) bond motifs is 2. The third-order valence-electron chi connectivity index (χ3n) is 7.91. The van der Waals surface area contributed by atoms with Crippen molar-refractivity contribution in [2.24, 2.45) is 11.8 Å². The number of likely N-dealkylation sites (tertiary alicyclic amines) is 1. The van der Waals surface area contributed by atoms with Crippen molar-refractivity contribution in [3.05, 3.63) is 77.4 Å². The SMILES string of the molecule is Cc1ccc(N2CC3CN(C)CC3C2)cc1C(=O)NC1(c2cccc3ccccc23)CC1. The van der Waals surface area contributed by atoms with Crippen LogP contribution in [0.25, 0.3) is 10.8 Å². The van der Waals surface area contributed by atoms with E-state index in [0.29, 0.717) is 0 Å². The topological polar surface area (TPSA) is 35.6 Å². The van der Waals surface area contributed by atoms with Gasteiger partial charge in [-0.05, 0) is 72.7 Å². The molecule has 4 heteroatoms. The Balaban J connectivity index is 1.26. The molecular formula is C28H31N3O. The molecule has 2 atom stereocenters. The van der Waals surface area contributed by atoms with Gasteiger partial charge in [0.25, 0.3) is 5.91 Å². The summed E-state index contributed by atoms with van der Waals surface area (Å²) in [5, 5.41) is 5.91. The van der Waals surface area contributed by atoms with Crippen molar-refractivity contribution >= 4 is 22.4 Å². The zero-order valence-corrected chi connectivity index (χ0v) is 19.0. The fraction of sp³-hybridized carbons (Fsp3) is 0.393. The molecule has 0 bridgehead atoms. The summed E-state index contributed by atoms with van der Waals surface area (Å²) in [6.07, 6.45) is 1.99. The summed E-state index contributed by atoms with van der Waals surface area (Å²) in [6.45, 7) is 6.61. The smallest absolute Gasteiger partial charge is 0.252 e. The van der Waals surface area contributed by atoms with Gasteiger partial charge in [0.1, 0.15) is 0 Å². The van der Waals surface area contributed by atoms with Crippen LogP contribution in [0.5, 0.6) is 0 Å². The molecule has 0 radical (unpaired) electrons. The van der Waals surface area contributed by atoms with Crippen LogP contribution in [0.4, 0.5) is 5.69 Å². The third-order valence-corrected chi connectivity index (χ3v) is 7.91. The van der Waals surface area contributed by atoms with Crippen LogP contribution in [0, 0.1) is 18.8 Å². The van der Waals surface area contributed by atoms with Crippen molar-refractivity contribution in [1.29, 1.82) is 0 Å². The van der Waals surface area contributed by atoms with Crippen molar-refractivity contribution < 1.29 is 4.79 Å². The molecule has 0 spiro atoms. The number of amides is 1. The van der Waals surface area contributed by atoms with Gasteiger partial charge in [0, 0.05) is 37.4 Å². The predicted octanol–water partition coefficient (Wildman–Crippen LogP) is 4.57. The van der Waals surface area contributed by atoms with Crippen LogP contribution in [0.1, 0.15) is 34.3 Å². The lowest BCUT2D eigenvalue weighted by molar-refractivity contribution is 0.0930. The Kier molecular flexibility index (Phi) is 4.55. The second kappa shape index (κ2) is 7.35. The summed E-state index contributed by atoms with van der Waals surface area (Å²) in [5.41, 5.74) is 4.04. The average Bonchev–Trinajstić information content (AvgIpc) is 3.33. The van der Waals surface area contributed by atoms with Gasteiger partial charge in [-0.3, -0.25) is 4.79 Å². The molecule has 32 heavy (non-hydrogen) atoms. The quantitative estimate of drug-likeness (QED) is 0.665. The standard InChI is InChI=1S/C28H31N3O/c1-19-10-11-23(31-17-21-15-30(2)16-22(21)18-31)14-25(19)27(32)29-28(12-13-28)26-9-5-7-20-6-3-4-8-24(20)26/h3-11,14,21-22H,12-13,15-18H2,1-2H3,(H,29,32). The Bertz CT molecular complexity index is 1180. The first-order valence-electron chi connectivity index (χ1n) is 11.9. The second-order valence-corrected chi connectivity index (χ2v) is 10.2. The fourth-order valence-electron chi connectivity index (χ4n) is 6.00. The first-order chi connectivity index (χ1) is 15.5. The maximum Gasteiger partial charge on any atom is 0.252 e. The van der Waals surface area contributed by atoms with Gasteiger partial charge < -0.3 is 15.1 Å². The molecule has 4 nitrogen and oxygen atoms in total. The van der Waals surface area contributed by atoms with Crippen molar-refractivity contribution in [3.8, 4) is 0 Å². The molecule has 0 aromatic heterocycles. The Morgan fingerprint density at radius 1 is 0.938 bits per heavy atom. The molecule has 1 N–H and O–H groups in total. The molecular weight excluding hydrogens is 394 g/mol. The fourth-order valence-corrected chi connectivity index (χ4v) is 6.00. The minimum atomic E-state index is -0.240. The van der Waals surface area contributed by atoms with Crippen molar-refractivity contribution in [1.82, 2.24) is 10.2 Å². The van der Waals surface area contributed by atoms with E-state index in [-0.39, 0.29) is 11.4 Å². The first-order valence-corrected chi connectivity index (χ1v) is 11.9. The Morgan fingerprint density at radius 2 is 1.66 bits per heavy atom. The Morgan fingerprint density at radius 3 is 2.41 bits per heavy atom. The van der Waals surface area contributed by atoms with E-state index in [4.69, 9.17) is 0 Å². The van der Waals surface area contributed by atoms with Crippen LogP contribution in [0.2, 0.25) is 0 Å². The number of rotatable bonds is 4. The monoisotopic (exact) mass is 425 g/mol. The zero-order valence-electron chi connectivity index (χ0n) is 19.0. The van der Waals surface area contributed by atoms with Crippen LogP contribution >= 0.6 is 0 Å².